The van der Waals surface area contributed by atoms with Crippen LogP contribution < -0.4 is 4.74 Å². The van der Waals surface area contributed by atoms with Crippen LogP contribution >= 0.6 is 11.8 Å². The van der Waals surface area contributed by atoms with Crippen molar-refractivity contribution < 1.29 is 9.53 Å². The molecular weight excluding hydrogens is 234 g/mol. The van der Waals surface area contributed by atoms with Crippen LogP contribution in [0.25, 0.3) is 0 Å². The fourth-order valence-corrected chi connectivity index (χ4v) is 1.59. The zero-order valence-corrected chi connectivity index (χ0v) is 10.8. The molecule has 1 aromatic heterocycles. The molecule has 0 aliphatic carbocycles. The zero-order valence-electron chi connectivity index (χ0n) is 10.0. The lowest BCUT2D eigenvalue weighted by molar-refractivity contribution is -0.109. The summed E-state index contributed by atoms with van der Waals surface area (Å²) in [5, 5.41) is 0.134. The van der Waals surface area contributed by atoms with Gasteiger partial charge < -0.3 is 4.74 Å². The predicted molar refractivity (Wildman–Crippen MR) is 70.0 cm³/mol. The molecule has 4 heteroatoms. The van der Waals surface area contributed by atoms with E-state index in [-0.39, 0.29) is 5.12 Å². The van der Waals surface area contributed by atoms with E-state index in [1.54, 1.807) is 19.2 Å². The molecule has 1 heterocycles. The minimum Gasteiger partial charge on any atom is -0.478 e. The SMILES string of the molecule is CCOc1ccc(C#CCCSC(C)=O)cn1. The second-order valence-electron chi connectivity index (χ2n) is 3.21. The summed E-state index contributed by atoms with van der Waals surface area (Å²) in [4.78, 5) is 14.8. The molecule has 0 saturated carbocycles. The molecule has 3 nitrogen and oxygen atoms in total. The van der Waals surface area contributed by atoms with Crippen molar-refractivity contribution in [1.29, 1.82) is 0 Å². The lowest BCUT2D eigenvalue weighted by Gasteiger charge is -1.99. The number of hydrogen-bond acceptors (Lipinski definition) is 4. The first kappa shape index (κ1) is 13.6. The van der Waals surface area contributed by atoms with Crippen molar-refractivity contribution in [2.75, 3.05) is 12.4 Å². The summed E-state index contributed by atoms with van der Waals surface area (Å²) < 4.78 is 5.23. The number of thioether (sulfide) groups is 1. The van der Waals surface area contributed by atoms with Gasteiger partial charge in [0.15, 0.2) is 5.12 Å². The molecule has 0 spiro atoms. The molecule has 0 unspecified atom stereocenters. The summed E-state index contributed by atoms with van der Waals surface area (Å²) in [5.74, 6) is 7.36. The second kappa shape index (κ2) is 7.75. The number of carbonyl (C=O) groups excluding carboxylic acids is 1. The highest BCUT2D eigenvalue weighted by Crippen LogP contribution is 2.06. The van der Waals surface area contributed by atoms with Gasteiger partial charge in [-0.1, -0.05) is 23.6 Å². The highest BCUT2D eigenvalue weighted by Gasteiger charge is 1.93. The number of rotatable bonds is 4. The fourth-order valence-electron chi connectivity index (χ4n) is 1.10. The molecular formula is C13H15NO2S. The Kier molecular flexibility index (Phi) is 6.19. The minimum atomic E-state index is 0.134. The van der Waals surface area contributed by atoms with E-state index < -0.39 is 0 Å². The molecule has 1 aromatic rings. The smallest absolute Gasteiger partial charge is 0.213 e. The van der Waals surface area contributed by atoms with Crippen LogP contribution in [0.4, 0.5) is 0 Å². The van der Waals surface area contributed by atoms with E-state index in [0.29, 0.717) is 18.9 Å². The Morgan fingerprint density at radius 2 is 2.35 bits per heavy atom. The summed E-state index contributed by atoms with van der Waals surface area (Å²) in [7, 11) is 0. The Morgan fingerprint density at radius 1 is 1.53 bits per heavy atom. The highest BCUT2D eigenvalue weighted by atomic mass is 32.2. The number of ether oxygens (including phenoxy) is 1. The van der Waals surface area contributed by atoms with Gasteiger partial charge in [0, 0.05) is 36.9 Å². The van der Waals surface area contributed by atoms with Crippen molar-refractivity contribution in [1.82, 2.24) is 4.98 Å². The molecule has 0 atom stereocenters. The van der Waals surface area contributed by atoms with Crippen LogP contribution in [0.5, 0.6) is 5.88 Å². The zero-order chi connectivity index (χ0) is 12.5. The van der Waals surface area contributed by atoms with Crippen LogP contribution in [0.15, 0.2) is 18.3 Å². The van der Waals surface area contributed by atoms with Gasteiger partial charge in [-0.2, -0.15) is 0 Å². The van der Waals surface area contributed by atoms with Gasteiger partial charge in [-0.3, -0.25) is 4.79 Å². The van der Waals surface area contributed by atoms with Crippen LogP contribution in [0.2, 0.25) is 0 Å². The molecule has 0 fully saturated rings. The average Bonchev–Trinajstić information content (AvgIpc) is 2.31. The maximum absolute atomic E-state index is 10.7. The molecule has 90 valence electrons. The summed E-state index contributed by atoms with van der Waals surface area (Å²) in [6.45, 7) is 4.09. The third kappa shape index (κ3) is 5.98. The number of nitrogens with zero attached hydrogens (tertiary/aromatic N) is 1. The fraction of sp³-hybridized carbons (Fsp3) is 0.385. The van der Waals surface area contributed by atoms with Gasteiger partial charge in [-0.05, 0) is 13.0 Å². The molecule has 0 amide bonds. The first-order valence-corrected chi connectivity index (χ1v) is 6.42. The van der Waals surface area contributed by atoms with E-state index >= 15 is 0 Å². The maximum Gasteiger partial charge on any atom is 0.213 e. The van der Waals surface area contributed by atoms with Crippen LogP contribution in [0.3, 0.4) is 0 Å². The first-order chi connectivity index (χ1) is 8.22. The van der Waals surface area contributed by atoms with E-state index in [1.807, 2.05) is 13.0 Å². The van der Waals surface area contributed by atoms with Gasteiger partial charge in [0.25, 0.3) is 0 Å². The van der Waals surface area contributed by atoms with Crippen molar-refractivity contribution in [3.8, 4) is 17.7 Å². The van der Waals surface area contributed by atoms with Gasteiger partial charge in [0.05, 0.1) is 6.61 Å². The van der Waals surface area contributed by atoms with Crippen molar-refractivity contribution in [3.05, 3.63) is 23.9 Å². The summed E-state index contributed by atoms with van der Waals surface area (Å²) in [6, 6.07) is 3.68. The molecule has 0 N–H and O–H groups in total. The predicted octanol–water partition coefficient (Wildman–Crippen LogP) is 2.50. The Bertz CT molecular complexity index is 417. The lowest BCUT2D eigenvalue weighted by Crippen LogP contribution is -1.93. The topological polar surface area (TPSA) is 39.2 Å². The van der Waals surface area contributed by atoms with Crippen LogP contribution in [-0.2, 0) is 4.79 Å². The normalized spacial score (nSPS) is 9.29. The summed E-state index contributed by atoms with van der Waals surface area (Å²) in [6.07, 6.45) is 2.40. The largest absolute Gasteiger partial charge is 0.478 e. The van der Waals surface area contributed by atoms with Gasteiger partial charge in [-0.25, -0.2) is 4.98 Å². The first-order valence-electron chi connectivity index (χ1n) is 5.43. The van der Waals surface area contributed by atoms with Crippen molar-refractivity contribution in [2.45, 2.75) is 20.3 Å². The van der Waals surface area contributed by atoms with Crippen LogP contribution in [-0.4, -0.2) is 22.5 Å². The molecule has 0 aliphatic heterocycles. The number of pyridine rings is 1. The Hall–Kier alpha value is -1.47. The summed E-state index contributed by atoms with van der Waals surface area (Å²) >= 11 is 1.30. The van der Waals surface area contributed by atoms with Gasteiger partial charge in [-0.15, -0.1) is 0 Å². The number of hydrogen-bond donors (Lipinski definition) is 0. The van der Waals surface area contributed by atoms with Crippen molar-refractivity contribution >= 4 is 16.9 Å². The lowest BCUT2D eigenvalue weighted by atomic mass is 10.3. The van der Waals surface area contributed by atoms with Crippen molar-refractivity contribution in [2.24, 2.45) is 0 Å². The molecule has 0 aliphatic rings. The standard InChI is InChI=1S/C13H15NO2S/c1-3-16-13-8-7-12(10-14-13)6-4-5-9-17-11(2)15/h7-8,10H,3,5,9H2,1-2H3. The third-order valence-electron chi connectivity index (χ3n) is 1.79. The number of aromatic nitrogens is 1. The van der Waals surface area contributed by atoms with Crippen molar-refractivity contribution in [3.63, 3.8) is 0 Å². The minimum absolute atomic E-state index is 0.134. The van der Waals surface area contributed by atoms with Crippen LogP contribution in [0, 0.1) is 11.8 Å². The summed E-state index contributed by atoms with van der Waals surface area (Å²) in [5.41, 5.74) is 0.862. The molecule has 17 heavy (non-hydrogen) atoms. The molecule has 0 saturated heterocycles. The van der Waals surface area contributed by atoms with Gasteiger partial charge >= 0.3 is 0 Å². The van der Waals surface area contributed by atoms with Gasteiger partial charge in [0.2, 0.25) is 5.88 Å². The Labute approximate surface area is 106 Å². The van der Waals surface area contributed by atoms with E-state index in [4.69, 9.17) is 4.74 Å². The van der Waals surface area contributed by atoms with Crippen LogP contribution in [0.1, 0.15) is 25.8 Å². The number of carbonyl (C=O) groups is 1. The Morgan fingerprint density at radius 3 is 2.94 bits per heavy atom. The Balaban J connectivity index is 2.40. The molecule has 0 radical (unpaired) electrons. The van der Waals surface area contributed by atoms with E-state index in [9.17, 15) is 4.79 Å². The average molecular weight is 249 g/mol. The van der Waals surface area contributed by atoms with E-state index in [1.165, 1.54) is 11.8 Å². The molecule has 0 bridgehead atoms. The molecule has 1 rings (SSSR count). The highest BCUT2D eigenvalue weighted by molar-refractivity contribution is 8.13. The third-order valence-corrected chi connectivity index (χ3v) is 2.61. The van der Waals surface area contributed by atoms with E-state index in [0.717, 1.165) is 11.3 Å². The van der Waals surface area contributed by atoms with E-state index in [2.05, 4.69) is 16.8 Å². The molecule has 0 aromatic carbocycles. The van der Waals surface area contributed by atoms with Gasteiger partial charge in [0.1, 0.15) is 0 Å². The maximum atomic E-state index is 10.7. The second-order valence-corrected chi connectivity index (χ2v) is 4.48. The quantitative estimate of drug-likeness (QED) is 0.607. The monoisotopic (exact) mass is 249 g/mol.